The third kappa shape index (κ3) is 3.66. The number of piperazine rings is 1. The molecule has 0 spiro atoms. The lowest BCUT2D eigenvalue weighted by atomic mass is 10.0. The third-order valence-corrected chi connectivity index (χ3v) is 5.46. The standard InChI is InChI=1S/C25H24N2O2/c1-18-9-8-12-21(17-18)25(29)26-15-16-27(24(28)19(26)2)23-14-7-6-13-22(23)20-10-4-3-5-11-20/h3-14,17,19H,15-16H2,1-2H3/t19-/m0/s1. The molecule has 2 amide bonds. The smallest absolute Gasteiger partial charge is 0.254 e. The molecule has 0 aromatic heterocycles. The number of aryl methyl sites for hydroxylation is 1. The van der Waals surface area contributed by atoms with Crippen molar-refractivity contribution in [3.63, 3.8) is 0 Å². The number of para-hydroxylation sites is 1. The average Bonchev–Trinajstić information content (AvgIpc) is 2.76. The Kier molecular flexibility index (Phi) is 5.17. The minimum absolute atomic E-state index is 0.0550. The van der Waals surface area contributed by atoms with Gasteiger partial charge in [0.25, 0.3) is 5.91 Å². The van der Waals surface area contributed by atoms with Gasteiger partial charge in [-0.2, -0.15) is 0 Å². The van der Waals surface area contributed by atoms with Gasteiger partial charge >= 0.3 is 0 Å². The van der Waals surface area contributed by atoms with E-state index in [1.54, 1.807) is 4.90 Å². The van der Waals surface area contributed by atoms with Crippen molar-refractivity contribution in [3.05, 3.63) is 90.0 Å². The van der Waals surface area contributed by atoms with E-state index in [9.17, 15) is 9.59 Å². The molecule has 4 nitrogen and oxygen atoms in total. The van der Waals surface area contributed by atoms with Crippen molar-refractivity contribution in [2.75, 3.05) is 18.0 Å². The Labute approximate surface area is 171 Å². The lowest BCUT2D eigenvalue weighted by Crippen LogP contribution is -2.57. The van der Waals surface area contributed by atoms with Gasteiger partial charge < -0.3 is 9.80 Å². The quantitative estimate of drug-likeness (QED) is 0.665. The fraction of sp³-hybridized carbons (Fsp3) is 0.200. The van der Waals surface area contributed by atoms with Gasteiger partial charge in [0.2, 0.25) is 5.91 Å². The first-order valence-electron chi connectivity index (χ1n) is 9.90. The zero-order valence-electron chi connectivity index (χ0n) is 16.7. The molecule has 0 saturated carbocycles. The van der Waals surface area contributed by atoms with Crippen molar-refractivity contribution in [2.24, 2.45) is 0 Å². The zero-order chi connectivity index (χ0) is 20.4. The molecule has 0 bridgehead atoms. The third-order valence-electron chi connectivity index (χ3n) is 5.46. The Balaban J connectivity index is 1.61. The van der Waals surface area contributed by atoms with Crippen LogP contribution in [0.4, 0.5) is 5.69 Å². The molecule has 0 N–H and O–H groups in total. The van der Waals surface area contributed by atoms with Crippen LogP contribution in [0.1, 0.15) is 22.8 Å². The summed E-state index contributed by atoms with van der Waals surface area (Å²) in [6.45, 7) is 4.75. The fourth-order valence-electron chi connectivity index (χ4n) is 3.90. The van der Waals surface area contributed by atoms with E-state index in [1.165, 1.54) is 0 Å². The molecule has 0 radical (unpaired) electrons. The number of anilines is 1. The maximum Gasteiger partial charge on any atom is 0.254 e. The van der Waals surface area contributed by atoms with Gasteiger partial charge in [-0.15, -0.1) is 0 Å². The van der Waals surface area contributed by atoms with Gasteiger partial charge in [0.1, 0.15) is 6.04 Å². The normalized spacial score (nSPS) is 16.8. The van der Waals surface area contributed by atoms with Crippen molar-refractivity contribution in [1.82, 2.24) is 4.90 Å². The maximum atomic E-state index is 13.3. The highest BCUT2D eigenvalue weighted by Crippen LogP contribution is 2.32. The van der Waals surface area contributed by atoms with Gasteiger partial charge in [0, 0.05) is 24.2 Å². The SMILES string of the molecule is Cc1cccc(C(=O)N2CCN(c3ccccc3-c3ccccc3)C(=O)[C@@H]2C)c1. The van der Waals surface area contributed by atoms with Gasteiger partial charge in [0.15, 0.2) is 0 Å². The van der Waals surface area contributed by atoms with Gasteiger partial charge in [-0.05, 0) is 37.6 Å². The lowest BCUT2D eigenvalue weighted by molar-refractivity contribution is -0.124. The number of benzene rings is 3. The van der Waals surface area contributed by atoms with Crippen molar-refractivity contribution in [2.45, 2.75) is 19.9 Å². The number of hydrogen-bond donors (Lipinski definition) is 0. The Hall–Kier alpha value is -3.40. The van der Waals surface area contributed by atoms with Gasteiger partial charge in [-0.25, -0.2) is 0 Å². The van der Waals surface area contributed by atoms with Crippen molar-refractivity contribution in [1.29, 1.82) is 0 Å². The first-order valence-corrected chi connectivity index (χ1v) is 9.90. The molecule has 1 aliphatic rings. The molecule has 3 aromatic carbocycles. The Morgan fingerprint density at radius 3 is 2.38 bits per heavy atom. The lowest BCUT2D eigenvalue weighted by Gasteiger charge is -2.39. The summed E-state index contributed by atoms with van der Waals surface area (Å²) >= 11 is 0. The summed E-state index contributed by atoms with van der Waals surface area (Å²) in [6, 6.07) is 25.0. The molecule has 146 valence electrons. The molecule has 0 aliphatic carbocycles. The van der Waals surface area contributed by atoms with Crippen LogP contribution in [0.25, 0.3) is 11.1 Å². The first kappa shape index (κ1) is 18.9. The molecule has 3 aromatic rings. The van der Waals surface area contributed by atoms with E-state index in [1.807, 2.05) is 97.6 Å². The molecule has 1 saturated heterocycles. The highest BCUT2D eigenvalue weighted by atomic mass is 16.2. The van der Waals surface area contributed by atoms with E-state index in [0.717, 1.165) is 22.4 Å². The minimum Gasteiger partial charge on any atom is -0.325 e. The van der Waals surface area contributed by atoms with E-state index in [2.05, 4.69) is 0 Å². The summed E-state index contributed by atoms with van der Waals surface area (Å²) in [7, 11) is 0. The summed E-state index contributed by atoms with van der Waals surface area (Å²) in [5.41, 5.74) is 4.64. The van der Waals surface area contributed by atoms with Gasteiger partial charge in [-0.3, -0.25) is 9.59 Å². The zero-order valence-corrected chi connectivity index (χ0v) is 16.7. The Morgan fingerprint density at radius 2 is 1.62 bits per heavy atom. The largest absolute Gasteiger partial charge is 0.325 e. The second-order valence-corrected chi connectivity index (χ2v) is 7.42. The van der Waals surface area contributed by atoms with E-state index in [-0.39, 0.29) is 11.8 Å². The molecule has 4 heteroatoms. The van der Waals surface area contributed by atoms with E-state index >= 15 is 0 Å². The summed E-state index contributed by atoms with van der Waals surface area (Å²) in [5, 5.41) is 0. The Morgan fingerprint density at radius 1 is 0.897 bits per heavy atom. The first-order chi connectivity index (χ1) is 14.1. The van der Waals surface area contributed by atoms with E-state index in [4.69, 9.17) is 0 Å². The van der Waals surface area contributed by atoms with Crippen LogP contribution in [0.2, 0.25) is 0 Å². The molecule has 4 rings (SSSR count). The number of carbonyl (C=O) groups excluding carboxylic acids is 2. The predicted octanol–water partition coefficient (Wildman–Crippen LogP) is 4.54. The highest BCUT2D eigenvalue weighted by Gasteiger charge is 2.36. The topological polar surface area (TPSA) is 40.6 Å². The van der Waals surface area contributed by atoms with Gasteiger partial charge in [0.05, 0.1) is 5.69 Å². The summed E-state index contributed by atoms with van der Waals surface area (Å²) in [4.78, 5) is 29.7. The van der Waals surface area contributed by atoms with Crippen LogP contribution in [-0.2, 0) is 4.79 Å². The molecule has 29 heavy (non-hydrogen) atoms. The second kappa shape index (κ2) is 7.92. The van der Waals surface area contributed by atoms with Crippen LogP contribution in [0.3, 0.4) is 0 Å². The second-order valence-electron chi connectivity index (χ2n) is 7.42. The van der Waals surface area contributed by atoms with E-state index in [0.29, 0.717) is 18.7 Å². The molecular formula is C25H24N2O2. The maximum absolute atomic E-state index is 13.3. The van der Waals surface area contributed by atoms with Crippen LogP contribution < -0.4 is 4.90 Å². The monoisotopic (exact) mass is 384 g/mol. The average molecular weight is 384 g/mol. The van der Waals surface area contributed by atoms with Gasteiger partial charge in [-0.1, -0.05) is 66.2 Å². The minimum atomic E-state index is -0.513. The number of carbonyl (C=O) groups is 2. The molecule has 1 heterocycles. The molecule has 0 unspecified atom stereocenters. The molecular weight excluding hydrogens is 360 g/mol. The molecule has 1 atom stereocenters. The number of amides is 2. The molecule has 1 fully saturated rings. The number of rotatable bonds is 3. The number of nitrogens with zero attached hydrogens (tertiary/aromatic N) is 2. The van der Waals surface area contributed by atoms with E-state index < -0.39 is 6.04 Å². The van der Waals surface area contributed by atoms with Crippen LogP contribution in [0.15, 0.2) is 78.9 Å². The number of hydrogen-bond acceptors (Lipinski definition) is 2. The summed E-state index contributed by atoms with van der Waals surface area (Å²) in [6.07, 6.45) is 0. The van der Waals surface area contributed by atoms with Crippen LogP contribution >= 0.6 is 0 Å². The molecule has 1 aliphatic heterocycles. The summed E-state index contributed by atoms with van der Waals surface area (Å²) < 4.78 is 0. The van der Waals surface area contributed by atoms with Crippen molar-refractivity contribution in [3.8, 4) is 11.1 Å². The predicted molar refractivity (Wildman–Crippen MR) is 116 cm³/mol. The Bertz CT molecular complexity index is 1050. The van der Waals surface area contributed by atoms with Crippen LogP contribution in [0, 0.1) is 6.92 Å². The summed E-state index contributed by atoms with van der Waals surface area (Å²) in [5.74, 6) is -0.147. The highest BCUT2D eigenvalue weighted by molar-refractivity contribution is 6.05. The van der Waals surface area contributed by atoms with Crippen LogP contribution in [-0.4, -0.2) is 35.8 Å². The van der Waals surface area contributed by atoms with Crippen LogP contribution in [0.5, 0.6) is 0 Å². The fourth-order valence-corrected chi connectivity index (χ4v) is 3.90. The van der Waals surface area contributed by atoms with Crippen molar-refractivity contribution >= 4 is 17.5 Å². The van der Waals surface area contributed by atoms with Crippen molar-refractivity contribution < 1.29 is 9.59 Å².